The maximum Gasteiger partial charge on any atom is 0.126 e. The molecular weight excluding hydrogens is 600 g/mol. The molecule has 1 heterocycles. The second-order valence-electron chi connectivity index (χ2n) is 13.7. The van der Waals surface area contributed by atoms with Gasteiger partial charge in [0.1, 0.15) is 17.2 Å². The molecule has 0 saturated carbocycles. The molecule has 5 aromatic carbocycles. The number of benzene rings is 5. The molecule has 5 aromatic rings. The highest BCUT2D eigenvalue weighted by Gasteiger charge is 2.21. The van der Waals surface area contributed by atoms with Gasteiger partial charge in [-0.2, -0.15) is 0 Å². The Morgan fingerprint density at radius 3 is 1.02 bits per heavy atom. The maximum atomic E-state index is 11.4. The average Bonchev–Trinajstić information content (AvgIpc) is 3.06. The molecule has 0 spiro atoms. The molecule has 3 N–H and O–H groups in total. The van der Waals surface area contributed by atoms with Crippen LogP contribution in [0.5, 0.6) is 17.2 Å². The first-order valence-corrected chi connectivity index (χ1v) is 16.5. The van der Waals surface area contributed by atoms with Gasteiger partial charge >= 0.3 is 0 Å². The molecule has 0 radical (unpaired) electrons. The molecule has 0 amide bonds. The third-order valence-electron chi connectivity index (χ3n) is 8.84. The molecule has 48 heavy (non-hydrogen) atoms. The summed E-state index contributed by atoms with van der Waals surface area (Å²) in [6.45, 7) is 7.29. The first-order chi connectivity index (χ1) is 23.1. The Morgan fingerprint density at radius 1 is 0.438 bits per heavy atom. The average molecular weight is 645 g/mol. The fourth-order valence-corrected chi connectivity index (χ4v) is 6.20. The minimum absolute atomic E-state index is 0.123. The van der Waals surface area contributed by atoms with E-state index in [1.165, 1.54) is 0 Å². The second-order valence-corrected chi connectivity index (χ2v) is 13.7. The van der Waals surface area contributed by atoms with E-state index in [4.69, 9.17) is 14.2 Å². The van der Waals surface area contributed by atoms with Gasteiger partial charge in [0.05, 0.1) is 39.6 Å². The van der Waals surface area contributed by atoms with Crippen molar-refractivity contribution < 1.29 is 29.5 Å². The molecule has 0 aromatic heterocycles. The van der Waals surface area contributed by atoms with Crippen LogP contribution in [0.2, 0.25) is 0 Å². The second kappa shape index (κ2) is 14.7. The number of rotatable bonds is 4. The van der Waals surface area contributed by atoms with Gasteiger partial charge in [-0.3, -0.25) is 0 Å². The van der Waals surface area contributed by atoms with Crippen molar-refractivity contribution in [2.24, 2.45) is 0 Å². The van der Waals surface area contributed by atoms with Crippen LogP contribution in [0, 0.1) is 0 Å². The third kappa shape index (κ3) is 8.08. The molecule has 1 aliphatic heterocycles. The van der Waals surface area contributed by atoms with Gasteiger partial charge in [-0.25, -0.2) is 0 Å². The van der Waals surface area contributed by atoms with E-state index in [1.807, 2.05) is 72.8 Å². The zero-order valence-electron chi connectivity index (χ0n) is 28.0. The molecule has 1 aliphatic rings. The van der Waals surface area contributed by atoms with Crippen molar-refractivity contribution in [3.05, 3.63) is 158 Å². The Balaban J connectivity index is 1.39. The summed E-state index contributed by atoms with van der Waals surface area (Å²) >= 11 is 0. The fraction of sp³-hybridized carbons (Fsp3) is 0.286. The summed E-state index contributed by atoms with van der Waals surface area (Å²) in [4.78, 5) is 0. The molecular formula is C42H44O6. The summed E-state index contributed by atoms with van der Waals surface area (Å²) in [5, 5.41) is 34.2. The molecule has 6 bridgehead atoms. The third-order valence-corrected chi connectivity index (χ3v) is 8.84. The van der Waals surface area contributed by atoms with Crippen LogP contribution < -0.4 is 0 Å². The van der Waals surface area contributed by atoms with Gasteiger partial charge in [-0.05, 0) is 82.5 Å². The number of hydrogen-bond acceptors (Lipinski definition) is 6. The van der Waals surface area contributed by atoms with E-state index in [2.05, 4.69) is 45.0 Å². The number of fused-ring (bicyclic) bond motifs is 6. The van der Waals surface area contributed by atoms with Crippen LogP contribution in [-0.2, 0) is 72.1 Å². The van der Waals surface area contributed by atoms with E-state index in [-0.39, 0.29) is 62.3 Å². The van der Waals surface area contributed by atoms with Crippen LogP contribution in [-0.4, -0.2) is 15.3 Å². The monoisotopic (exact) mass is 644 g/mol. The molecule has 6 heteroatoms. The van der Waals surface area contributed by atoms with Crippen molar-refractivity contribution in [3.63, 3.8) is 0 Å². The minimum atomic E-state index is -0.175. The van der Waals surface area contributed by atoms with Crippen LogP contribution in [0.4, 0.5) is 0 Å². The molecule has 0 aliphatic carbocycles. The lowest BCUT2D eigenvalue weighted by atomic mass is 9.85. The van der Waals surface area contributed by atoms with Crippen LogP contribution in [0.3, 0.4) is 0 Å². The summed E-state index contributed by atoms with van der Waals surface area (Å²) in [6, 6.07) is 32.2. The van der Waals surface area contributed by atoms with E-state index >= 15 is 0 Å². The maximum absolute atomic E-state index is 11.4. The Hall–Kier alpha value is -4.62. The van der Waals surface area contributed by atoms with Crippen molar-refractivity contribution in [2.75, 3.05) is 0 Å². The number of aromatic hydroxyl groups is 3. The van der Waals surface area contributed by atoms with Gasteiger partial charge in [0.15, 0.2) is 0 Å². The number of phenols is 3. The van der Waals surface area contributed by atoms with Crippen molar-refractivity contribution in [3.8, 4) is 17.2 Å². The number of ether oxygens (including phenoxy) is 3. The zero-order valence-corrected chi connectivity index (χ0v) is 28.0. The lowest BCUT2D eigenvalue weighted by Crippen LogP contribution is -2.13. The Morgan fingerprint density at radius 2 is 0.729 bits per heavy atom. The van der Waals surface area contributed by atoms with Gasteiger partial charge in [0.25, 0.3) is 0 Å². The molecule has 0 atom stereocenters. The fourth-order valence-electron chi connectivity index (χ4n) is 6.20. The highest BCUT2D eigenvalue weighted by Crippen LogP contribution is 2.35. The normalized spacial score (nSPS) is 14.2. The lowest BCUT2D eigenvalue weighted by molar-refractivity contribution is 0.0929. The Kier molecular flexibility index (Phi) is 10.2. The first-order valence-electron chi connectivity index (χ1n) is 16.5. The van der Waals surface area contributed by atoms with Gasteiger partial charge in [0, 0.05) is 33.4 Å². The Bertz CT molecular complexity index is 1730. The zero-order chi connectivity index (χ0) is 33.7. The molecule has 0 saturated heterocycles. The molecule has 6 rings (SSSR count). The van der Waals surface area contributed by atoms with Gasteiger partial charge < -0.3 is 29.5 Å². The molecule has 248 valence electrons. The summed E-state index contributed by atoms with van der Waals surface area (Å²) in [6.07, 6.45) is 1.37. The van der Waals surface area contributed by atoms with Crippen LogP contribution in [0.1, 0.15) is 82.0 Å². The van der Waals surface area contributed by atoms with E-state index in [0.29, 0.717) is 46.2 Å². The quantitative estimate of drug-likeness (QED) is 0.181. The van der Waals surface area contributed by atoms with Crippen LogP contribution in [0.25, 0.3) is 0 Å². The standard InChI is InChI=1S/C42H44O6/c1-42(2,3)38-20-36-26-47-24-34-18-30(14-28-10-6-4-7-11-28)16-32(39(34)43)22-46-23-33-17-31(15-29-12-8-5-9-13-29)19-35(40(33)44)25-48-27-37(21-38)41(36)45/h4-13,16-21,43-45H,14-15,22-27H2,1-3H3. The summed E-state index contributed by atoms with van der Waals surface area (Å²) in [5.74, 6) is 0.373. The van der Waals surface area contributed by atoms with E-state index in [9.17, 15) is 15.3 Å². The first kappa shape index (κ1) is 33.3. The van der Waals surface area contributed by atoms with Crippen molar-refractivity contribution in [2.45, 2.75) is 78.7 Å². The smallest absolute Gasteiger partial charge is 0.126 e. The topological polar surface area (TPSA) is 88.4 Å². The van der Waals surface area contributed by atoms with E-state index in [0.717, 1.165) is 27.8 Å². The van der Waals surface area contributed by atoms with Crippen molar-refractivity contribution >= 4 is 0 Å². The molecule has 6 nitrogen and oxygen atoms in total. The van der Waals surface area contributed by atoms with Gasteiger partial charge in [-0.1, -0.05) is 81.4 Å². The van der Waals surface area contributed by atoms with E-state index in [1.54, 1.807) is 0 Å². The molecule has 0 fully saturated rings. The highest BCUT2D eigenvalue weighted by molar-refractivity contribution is 5.48. The number of hydrogen-bond donors (Lipinski definition) is 3. The van der Waals surface area contributed by atoms with Gasteiger partial charge in [-0.15, -0.1) is 0 Å². The predicted octanol–water partition coefficient (Wildman–Crippen LogP) is 8.75. The van der Waals surface area contributed by atoms with Crippen molar-refractivity contribution in [1.29, 1.82) is 0 Å². The predicted molar refractivity (Wildman–Crippen MR) is 187 cm³/mol. The summed E-state index contributed by atoms with van der Waals surface area (Å²) in [5.41, 5.74) is 9.13. The SMILES string of the molecule is CC(C)(C)c1cc2c(O)c(c1)COCc1cc(Cc3ccccc3)cc(c1O)COCc1cc(Cc3ccccc3)cc(c1O)COC2. The van der Waals surface area contributed by atoms with Gasteiger partial charge in [0.2, 0.25) is 0 Å². The largest absolute Gasteiger partial charge is 0.507 e. The molecule has 0 unspecified atom stereocenters. The van der Waals surface area contributed by atoms with Crippen LogP contribution >= 0.6 is 0 Å². The summed E-state index contributed by atoms with van der Waals surface area (Å²) in [7, 11) is 0. The number of phenolic OH excluding ortho intramolecular Hbond substituents is 3. The summed E-state index contributed by atoms with van der Waals surface area (Å²) < 4.78 is 18.5. The van der Waals surface area contributed by atoms with Crippen LogP contribution in [0.15, 0.2) is 97.1 Å². The lowest BCUT2D eigenvalue weighted by Gasteiger charge is -2.23. The minimum Gasteiger partial charge on any atom is -0.507 e. The highest BCUT2D eigenvalue weighted by atomic mass is 16.5. The van der Waals surface area contributed by atoms with E-state index < -0.39 is 0 Å². The van der Waals surface area contributed by atoms with Crippen molar-refractivity contribution in [1.82, 2.24) is 0 Å². The Labute approximate surface area is 283 Å².